The van der Waals surface area contributed by atoms with Crippen molar-refractivity contribution in [2.24, 2.45) is 0 Å². The molecule has 4 aromatic rings. The molecule has 0 aliphatic carbocycles. The summed E-state index contributed by atoms with van der Waals surface area (Å²) >= 11 is 1.21. The fourth-order valence-corrected chi connectivity index (χ4v) is 4.03. The molecule has 0 bridgehead atoms. The number of aromatic nitrogens is 3. The van der Waals surface area contributed by atoms with Gasteiger partial charge in [0.05, 0.1) is 10.9 Å². The number of amides is 1. The summed E-state index contributed by atoms with van der Waals surface area (Å²) < 4.78 is 28.9. The molecule has 5 nitrogen and oxygen atoms in total. The van der Waals surface area contributed by atoms with Crippen LogP contribution in [0.25, 0.3) is 5.69 Å². The highest BCUT2D eigenvalue weighted by Crippen LogP contribution is 2.28. The van der Waals surface area contributed by atoms with E-state index in [2.05, 4.69) is 15.5 Å². The Hall–Kier alpha value is -3.52. The first kappa shape index (κ1) is 21.7. The standard InChI is InChI=1S/C24H20F2N4OS/c1-16(23(31)27-21-13-12-18(25)15-20(21)26)32-24-29-28-22(14-17-8-4-2-5-9-17)30(24)19-10-6-3-7-11-19/h2-13,15-16H,14H2,1H3,(H,27,31). The number of halogens is 2. The number of nitrogens with zero attached hydrogens (tertiary/aromatic N) is 3. The van der Waals surface area contributed by atoms with Gasteiger partial charge in [-0.2, -0.15) is 0 Å². The molecule has 162 valence electrons. The van der Waals surface area contributed by atoms with Crippen LogP contribution in [-0.2, 0) is 11.2 Å². The Morgan fingerprint density at radius 2 is 1.69 bits per heavy atom. The maximum absolute atomic E-state index is 13.9. The molecule has 32 heavy (non-hydrogen) atoms. The lowest BCUT2D eigenvalue weighted by molar-refractivity contribution is -0.115. The van der Waals surface area contributed by atoms with Crippen molar-refractivity contribution in [2.45, 2.75) is 23.8 Å². The molecule has 8 heteroatoms. The molecule has 0 fully saturated rings. The fraction of sp³-hybridized carbons (Fsp3) is 0.125. The van der Waals surface area contributed by atoms with Gasteiger partial charge in [-0.1, -0.05) is 60.3 Å². The van der Waals surface area contributed by atoms with Crippen LogP contribution in [-0.4, -0.2) is 25.9 Å². The second-order valence-electron chi connectivity index (χ2n) is 7.11. The minimum atomic E-state index is -0.826. The number of benzene rings is 3. The van der Waals surface area contributed by atoms with Crippen LogP contribution in [0.5, 0.6) is 0 Å². The summed E-state index contributed by atoms with van der Waals surface area (Å²) in [7, 11) is 0. The second-order valence-corrected chi connectivity index (χ2v) is 8.41. The molecular formula is C24H20F2N4OS. The molecule has 0 spiro atoms. The molecule has 0 aliphatic rings. The lowest BCUT2D eigenvalue weighted by Gasteiger charge is -2.14. The van der Waals surface area contributed by atoms with Crippen molar-refractivity contribution in [3.8, 4) is 5.69 Å². The van der Waals surface area contributed by atoms with Crippen molar-refractivity contribution in [1.82, 2.24) is 14.8 Å². The number of carbonyl (C=O) groups is 1. The second kappa shape index (κ2) is 9.74. The number of thioether (sulfide) groups is 1. The lowest BCUT2D eigenvalue weighted by Crippen LogP contribution is -2.23. The van der Waals surface area contributed by atoms with Gasteiger partial charge in [0.25, 0.3) is 0 Å². The van der Waals surface area contributed by atoms with Gasteiger partial charge in [-0.25, -0.2) is 8.78 Å². The van der Waals surface area contributed by atoms with E-state index in [1.165, 1.54) is 17.8 Å². The van der Waals surface area contributed by atoms with E-state index < -0.39 is 22.8 Å². The van der Waals surface area contributed by atoms with Crippen LogP contribution < -0.4 is 5.32 Å². The van der Waals surface area contributed by atoms with Gasteiger partial charge in [0.1, 0.15) is 17.5 Å². The van der Waals surface area contributed by atoms with Crippen molar-refractivity contribution < 1.29 is 13.6 Å². The Kier molecular flexibility index (Phi) is 6.61. The molecule has 1 heterocycles. The highest BCUT2D eigenvalue weighted by molar-refractivity contribution is 8.00. The Morgan fingerprint density at radius 1 is 1.00 bits per heavy atom. The van der Waals surface area contributed by atoms with Gasteiger partial charge in [-0.15, -0.1) is 10.2 Å². The molecular weight excluding hydrogens is 430 g/mol. The lowest BCUT2D eigenvalue weighted by atomic mass is 10.1. The average Bonchev–Trinajstić information content (AvgIpc) is 3.18. The third-order valence-corrected chi connectivity index (χ3v) is 5.80. The van der Waals surface area contributed by atoms with E-state index in [9.17, 15) is 13.6 Å². The van der Waals surface area contributed by atoms with Crippen LogP contribution in [0.3, 0.4) is 0 Å². The van der Waals surface area contributed by atoms with E-state index in [0.717, 1.165) is 29.2 Å². The van der Waals surface area contributed by atoms with Gasteiger partial charge in [-0.05, 0) is 36.8 Å². The summed E-state index contributed by atoms with van der Waals surface area (Å²) in [6, 6.07) is 22.6. The van der Waals surface area contributed by atoms with Crippen molar-refractivity contribution in [1.29, 1.82) is 0 Å². The van der Waals surface area contributed by atoms with Gasteiger partial charge in [0.2, 0.25) is 5.91 Å². The predicted octanol–water partition coefficient (Wildman–Crippen LogP) is 5.26. The summed E-state index contributed by atoms with van der Waals surface area (Å²) in [5.41, 5.74) is 1.90. The van der Waals surface area contributed by atoms with Gasteiger partial charge >= 0.3 is 0 Å². The highest BCUT2D eigenvalue weighted by atomic mass is 32.2. The highest BCUT2D eigenvalue weighted by Gasteiger charge is 2.22. The molecule has 1 unspecified atom stereocenters. The number of hydrogen-bond donors (Lipinski definition) is 1. The average molecular weight is 451 g/mol. The first-order valence-electron chi connectivity index (χ1n) is 9.97. The Balaban J connectivity index is 1.58. The van der Waals surface area contributed by atoms with E-state index in [1.54, 1.807) is 6.92 Å². The molecule has 0 saturated carbocycles. The van der Waals surface area contributed by atoms with Crippen LogP contribution >= 0.6 is 11.8 Å². The zero-order valence-electron chi connectivity index (χ0n) is 17.2. The van der Waals surface area contributed by atoms with Crippen molar-refractivity contribution in [3.05, 3.63) is 102 Å². The smallest absolute Gasteiger partial charge is 0.237 e. The van der Waals surface area contributed by atoms with Gasteiger partial charge in [-0.3, -0.25) is 9.36 Å². The first-order valence-corrected chi connectivity index (χ1v) is 10.9. The number of nitrogens with one attached hydrogen (secondary N) is 1. The monoisotopic (exact) mass is 450 g/mol. The topological polar surface area (TPSA) is 59.8 Å². The largest absolute Gasteiger partial charge is 0.323 e. The van der Waals surface area contributed by atoms with Gasteiger partial charge in [0.15, 0.2) is 5.16 Å². The van der Waals surface area contributed by atoms with E-state index in [4.69, 9.17) is 0 Å². The molecule has 1 atom stereocenters. The maximum Gasteiger partial charge on any atom is 0.237 e. The molecule has 1 aromatic heterocycles. The Labute approximate surface area is 188 Å². The minimum Gasteiger partial charge on any atom is -0.323 e. The number of carbonyl (C=O) groups excluding carboxylic acids is 1. The van der Waals surface area contributed by atoms with Gasteiger partial charge in [0, 0.05) is 18.2 Å². The summed E-state index contributed by atoms with van der Waals surface area (Å²) in [5.74, 6) is -1.22. The summed E-state index contributed by atoms with van der Waals surface area (Å²) in [4.78, 5) is 12.6. The number of para-hydroxylation sites is 1. The maximum atomic E-state index is 13.9. The molecule has 3 aromatic carbocycles. The number of anilines is 1. The van der Waals surface area contributed by atoms with Crippen LogP contribution in [0, 0.1) is 11.6 Å². The summed E-state index contributed by atoms with van der Waals surface area (Å²) in [5, 5.41) is 11.1. The SMILES string of the molecule is CC(Sc1nnc(Cc2ccccc2)n1-c1ccccc1)C(=O)Nc1ccc(F)cc1F. The van der Waals surface area contributed by atoms with E-state index in [-0.39, 0.29) is 5.69 Å². The van der Waals surface area contributed by atoms with E-state index in [0.29, 0.717) is 11.6 Å². The quantitative estimate of drug-likeness (QED) is 0.391. The van der Waals surface area contributed by atoms with Crippen molar-refractivity contribution >= 4 is 23.4 Å². The summed E-state index contributed by atoms with van der Waals surface area (Å²) in [6.45, 7) is 1.70. The summed E-state index contributed by atoms with van der Waals surface area (Å²) in [6.07, 6.45) is 0.574. The zero-order valence-corrected chi connectivity index (χ0v) is 18.0. The van der Waals surface area contributed by atoms with Crippen LogP contribution in [0.2, 0.25) is 0 Å². The molecule has 0 aliphatic heterocycles. The van der Waals surface area contributed by atoms with Crippen molar-refractivity contribution in [3.63, 3.8) is 0 Å². The number of rotatable bonds is 7. The van der Waals surface area contributed by atoms with E-state index >= 15 is 0 Å². The van der Waals surface area contributed by atoms with Gasteiger partial charge < -0.3 is 5.32 Å². The van der Waals surface area contributed by atoms with Crippen LogP contribution in [0.15, 0.2) is 84.0 Å². The first-order chi connectivity index (χ1) is 15.5. The van der Waals surface area contributed by atoms with Crippen LogP contribution in [0.4, 0.5) is 14.5 Å². The fourth-order valence-electron chi connectivity index (χ4n) is 3.14. The molecule has 1 amide bonds. The minimum absolute atomic E-state index is 0.0712. The number of hydrogen-bond acceptors (Lipinski definition) is 4. The van der Waals surface area contributed by atoms with Crippen molar-refractivity contribution in [2.75, 3.05) is 5.32 Å². The van der Waals surface area contributed by atoms with E-state index in [1.807, 2.05) is 65.2 Å². The molecule has 0 saturated heterocycles. The molecule has 4 rings (SSSR count). The molecule has 1 N–H and O–H groups in total. The predicted molar refractivity (Wildman–Crippen MR) is 121 cm³/mol. The normalized spacial score (nSPS) is 11.8. The third-order valence-electron chi connectivity index (χ3n) is 4.76. The Bertz CT molecular complexity index is 1220. The third kappa shape index (κ3) is 5.03. The van der Waals surface area contributed by atoms with Crippen LogP contribution in [0.1, 0.15) is 18.3 Å². The molecule has 0 radical (unpaired) electrons. The zero-order chi connectivity index (χ0) is 22.5. The Morgan fingerprint density at radius 3 is 2.38 bits per heavy atom.